The molecule has 2 amide bonds. The number of amides is 2. The third-order valence-corrected chi connectivity index (χ3v) is 6.03. The van der Waals surface area contributed by atoms with Crippen LogP contribution in [0.3, 0.4) is 0 Å². The highest BCUT2D eigenvalue weighted by atomic mass is 16.5. The predicted octanol–water partition coefficient (Wildman–Crippen LogP) is 1.20. The Labute approximate surface area is 176 Å². The van der Waals surface area contributed by atoms with E-state index in [2.05, 4.69) is 10.4 Å². The Morgan fingerprint density at radius 1 is 1.23 bits per heavy atom. The van der Waals surface area contributed by atoms with Crippen LogP contribution in [0.2, 0.25) is 0 Å². The van der Waals surface area contributed by atoms with Gasteiger partial charge in [-0.25, -0.2) is 0 Å². The molecule has 0 saturated carbocycles. The molecule has 2 aromatic rings. The average Bonchev–Trinajstić information content (AvgIpc) is 3.53. The molecule has 1 aromatic heterocycles. The Balaban J connectivity index is 1.34. The topological polar surface area (TPSA) is 102 Å². The number of aromatic nitrogens is 2. The lowest BCUT2D eigenvalue weighted by atomic mass is 10.1. The lowest BCUT2D eigenvalue weighted by molar-refractivity contribution is -0.141. The first-order chi connectivity index (χ1) is 14.5. The van der Waals surface area contributed by atoms with Gasteiger partial charge in [0.15, 0.2) is 0 Å². The molecule has 2 fully saturated rings. The summed E-state index contributed by atoms with van der Waals surface area (Å²) in [7, 11) is 1.91. The molecular weight excluding hydrogens is 382 g/mol. The summed E-state index contributed by atoms with van der Waals surface area (Å²) >= 11 is 0. The second-order valence-electron chi connectivity index (χ2n) is 8.02. The van der Waals surface area contributed by atoms with Crippen LogP contribution in [0.25, 0.3) is 11.3 Å². The van der Waals surface area contributed by atoms with Gasteiger partial charge < -0.3 is 20.7 Å². The van der Waals surface area contributed by atoms with Crippen molar-refractivity contribution in [1.29, 1.82) is 0 Å². The summed E-state index contributed by atoms with van der Waals surface area (Å²) in [6.45, 7) is 1.63. The van der Waals surface area contributed by atoms with Crippen LogP contribution in [-0.4, -0.2) is 57.8 Å². The average molecular weight is 412 g/mol. The molecule has 2 aliphatic heterocycles. The van der Waals surface area contributed by atoms with Gasteiger partial charge in [-0.3, -0.25) is 14.3 Å². The predicted molar refractivity (Wildman–Crippen MR) is 112 cm³/mol. The smallest absolute Gasteiger partial charge is 0.243 e. The number of nitrogens with one attached hydrogen (secondary N) is 1. The first-order valence-corrected chi connectivity index (χ1v) is 10.6. The van der Waals surface area contributed by atoms with Crippen LogP contribution in [0.4, 0.5) is 0 Å². The van der Waals surface area contributed by atoms with Gasteiger partial charge in [0.2, 0.25) is 11.8 Å². The summed E-state index contributed by atoms with van der Waals surface area (Å²) < 4.78 is 7.38. The van der Waals surface area contributed by atoms with Gasteiger partial charge in [-0.2, -0.15) is 5.10 Å². The van der Waals surface area contributed by atoms with E-state index in [1.165, 1.54) is 0 Å². The van der Waals surface area contributed by atoms with Crippen LogP contribution in [-0.2, 0) is 27.9 Å². The van der Waals surface area contributed by atoms with E-state index in [1.807, 2.05) is 42.1 Å². The first-order valence-electron chi connectivity index (χ1n) is 10.6. The van der Waals surface area contributed by atoms with E-state index in [0.717, 1.165) is 36.1 Å². The number of likely N-dealkylation sites (tertiary alicyclic amines) is 1. The molecule has 0 spiro atoms. The molecule has 4 rings (SSSR count). The number of benzene rings is 1. The molecule has 8 nitrogen and oxygen atoms in total. The number of carbonyl (C=O) groups is 2. The Morgan fingerprint density at radius 2 is 2.03 bits per heavy atom. The molecule has 30 heavy (non-hydrogen) atoms. The van der Waals surface area contributed by atoms with E-state index in [-0.39, 0.29) is 17.9 Å². The molecule has 0 bridgehead atoms. The first kappa shape index (κ1) is 20.6. The van der Waals surface area contributed by atoms with Gasteiger partial charge in [0.1, 0.15) is 12.1 Å². The van der Waals surface area contributed by atoms with E-state index in [1.54, 1.807) is 11.1 Å². The van der Waals surface area contributed by atoms with Gasteiger partial charge in [-0.15, -0.1) is 0 Å². The summed E-state index contributed by atoms with van der Waals surface area (Å²) in [5, 5.41) is 7.17. The summed E-state index contributed by atoms with van der Waals surface area (Å²) in [5.41, 5.74) is 9.25. The zero-order valence-corrected chi connectivity index (χ0v) is 17.3. The highest BCUT2D eigenvalue weighted by Crippen LogP contribution is 2.22. The van der Waals surface area contributed by atoms with Gasteiger partial charge in [0.05, 0.1) is 11.8 Å². The van der Waals surface area contributed by atoms with Crippen LogP contribution in [0.5, 0.6) is 0 Å². The fraction of sp³-hybridized carbons (Fsp3) is 0.500. The number of aryl methyl sites for hydroxylation is 1. The normalized spacial score (nSPS) is 22.3. The minimum absolute atomic E-state index is 0.129. The van der Waals surface area contributed by atoms with Crippen molar-refractivity contribution in [3.05, 3.63) is 42.1 Å². The summed E-state index contributed by atoms with van der Waals surface area (Å²) in [4.78, 5) is 27.3. The van der Waals surface area contributed by atoms with Gasteiger partial charge >= 0.3 is 0 Å². The molecular formula is C22H29N5O3. The van der Waals surface area contributed by atoms with Crippen molar-refractivity contribution in [2.75, 3.05) is 13.2 Å². The van der Waals surface area contributed by atoms with Gasteiger partial charge in [0.25, 0.3) is 0 Å². The Kier molecular flexibility index (Phi) is 6.15. The molecule has 0 radical (unpaired) electrons. The molecule has 8 heteroatoms. The van der Waals surface area contributed by atoms with Crippen molar-refractivity contribution in [2.45, 2.75) is 50.4 Å². The van der Waals surface area contributed by atoms with Gasteiger partial charge in [0, 0.05) is 32.9 Å². The summed E-state index contributed by atoms with van der Waals surface area (Å²) in [6.07, 6.45) is 4.72. The largest absolute Gasteiger partial charge is 0.376 e. The van der Waals surface area contributed by atoms with E-state index >= 15 is 0 Å². The number of carbonyl (C=O) groups excluding carboxylic acids is 2. The van der Waals surface area contributed by atoms with Crippen molar-refractivity contribution in [2.24, 2.45) is 12.8 Å². The second kappa shape index (κ2) is 8.97. The van der Waals surface area contributed by atoms with Crippen LogP contribution in [0, 0.1) is 0 Å². The molecule has 1 aromatic carbocycles. The summed E-state index contributed by atoms with van der Waals surface area (Å²) in [5.74, 6) is -0.309. The van der Waals surface area contributed by atoms with E-state index in [4.69, 9.17) is 10.5 Å². The van der Waals surface area contributed by atoms with E-state index < -0.39 is 12.1 Å². The number of hydrogen-bond acceptors (Lipinski definition) is 5. The second-order valence-corrected chi connectivity index (χ2v) is 8.02. The molecule has 2 saturated heterocycles. The zero-order valence-electron chi connectivity index (χ0n) is 17.3. The zero-order chi connectivity index (χ0) is 21.1. The summed E-state index contributed by atoms with van der Waals surface area (Å²) in [6, 6.07) is 8.83. The lowest BCUT2D eigenvalue weighted by Crippen LogP contribution is -2.54. The van der Waals surface area contributed by atoms with Crippen LogP contribution >= 0.6 is 0 Å². The maximum Gasteiger partial charge on any atom is 0.243 e. The molecule has 3 heterocycles. The maximum atomic E-state index is 12.8. The Bertz CT molecular complexity index is 888. The Morgan fingerprint density at radius 3 is 2.70 bits per heavy atom. The highest BCUT2D eigenvalue weighted by Gasteiger charge is 2.39. The molecule has 2 aliphatic rings. The monoisotopic (exact) mass is 411 g/mol. The van der Waals surface area contributed by atoms with Crippen molar-refractivity contribution in [3.63, 3.8) is 0 Å². The third-order valence-electron chi connectivity index (χ3n) is 6.03. The fourth-order valence-corrected chi connectivity index (χ4v) is 4.30. The van der Waals surface area contributed by atoms with Crippen molar-refractivity contribution < 1.29 is 14.3 Å². The maximum absolute atomic E-state index is 12.8. The Hall–Kier alpha value is -2.71. The van der Waals surface area contributed by atoms with E-state index in [9.17, 15) is 9.59 Å². The SMILES string of the molecule is Cn1nccc1-c1ccc(CNC(=O)C2CCCN2C(=O)C(N)C2CCCO2)cc1. The van der Waals surface area contributed by atoms with Crippen LogP contribution in [0.15, 0.2) is 36.5 Å². The standard InChI is InChI=1S/C22H29N5O3/c1-26-17(10-11-25-26)16-8-6-15(7-9-16)14-24-21(28)18-4-2-12-27(18)22(29)20(23)19-5-3-13-30-19/h6-11,18-20H,2-5,12-14,23H2,1H3,(H,24,28). The lowest BCUT2D eigenvalue weighted by Gasteiger charge is -2.28. The van der Waals surface area contributed by atoms with Crippen molar-refractivity contribution >= 4 is 11.8 Å². The third kappa shape index (κ3) is 4.24. The fourth-order valence-electron chi connectivity index (χ4n) is 4.30. The van der Waals surface area contributed by atoms with Gasteiger partial charge in [-0.05, 0) is 42.9 Å². The molecule has 3 atom stereocenters. The molecule has 3 unspecified atom stereocenters. The molecule has 0 aliphatic carbocycles. The van der Waals surface area contributed by atoms with Gasteiger partial charge in [-0.1, -0.05) is 24.3 Å². The molecule has 3 N–H and O–H groups in total. The number of nitrogens with zero attached hydrogens (tertiary/aromatic N) is 3. The number of nitrogens with two attached hydrogens (primary N) is 1. The van der Waals surface area contributed by atoms with Crippen LogP contribution in [0.1, 0.15) is 31.2 Å². The van der Waals surface area contributed by atoms with Crippen LogP contribution < -0.4 is 11.1 Å². The number of ether oxygens (including phenoxy) is 1. The quantitative estimate of drug-likeness (QED) is 0.744. The highest BCUT2D eigenvalue weighted by molar-refractivity contribution is 5.90. The minimum atomic E-state index is -0.694. The van der Waals surface area contributed by atoms with E-state index in [0.29, 0.717) is 26.1 Å². The minimum Gasteiger partial charge on any atom is -0.376 e. The number of rotatable bonds is 6. The molecule has 160 valence electrons. The van der Waals surface area contributed by atoms with Crippen molar-refractivity contribution in [1.82, 2.24) is 20.0 Å². The van der Waals surface area contributed by atoms with Crippen molar-refractivity contribution in [3.8, 4) is 11.3 Å². The number of hydrogen-bond donors (Lipinski definition) is 2.